The van der Waals surface area contributed by atoms with Gasteiger partial charge in [-0.3, -0.25) is 14.3 Å². The molecule has 27 heavy (non-hydrogen) atoms. The summed E-state index contributed by atoms with van der Waals surface area (Å²) in [6, 6.07) is 9.07. The van der Waals surface area contributed by atoms with Crippen LogP contribution in [0, 0.1) is 5.82 Å². The first kappa shape index (κ1) is 19.0. The molecular formula is C18H17FN2O5S. The first-order valence-corrected chi connectivity index (χ1v) is 9.77. The molecule has 1 amide bonds. The summed E-state index contributed by atoms with van der Waals surface area (Å²) in [7, 11) is -3.44. The molecule has 9 heteroatoms. The summed E-state index contributed by atoms with van der Waals surface area (Å²) in [6.45, 7) is 1.49. The van der Waals surface area contributed by atoms with E-state index >= 15 is 0 Å². The van der Waals surface area contributed by atoms with Gasteiger partial charge in [0.15, 0.2) is 11.4 Å². The number of carbonyl (C=O) groups excluding carboxylic acids is 2. The van der Waals surface area contributed by atoms with Crippen molar-refractivity contribution < 1.29 is 27.5 Å². The Morgan fingerprint density at radius 2 is 1.89 bits per heavy atom. The second kappa shape index (κ2) is 6.75. The van der Waals surface area contributed by atoms with E-state index in [1.54, 1.807) is 0 Å². The molecule has 3 N–H and O–H groups in total. The molecule has 3 rings (SSSR count). The molecule has 0 radical (unpaired) electrons. The van der Waals surface area contributed by atoms with E-state index in [0.717, 1.165) is 12.1 Å². The largest absolute Gasteiger partial charge is 0.375 e. The van der Waals surface area contributed by atoms with Gasteiger partial charge in [-0.2, -0.15) is 0 Å². The summed E-state index contributed by atoms with van der Waals surface area (Å²) in [5.41, 5.74) is -1.44. The van der Waals surface area contributed by atoms with Crippen LogP contribution in [0.5, 0.6) is 0 Å². The van der Waals surface area contributed by atoms with Gasteiger partial charge in [-0.25, -0.2) is 12.8 Å². The Hall–Kier alpha value is -2.78. The zero-order valence-corrected chi connectivity index (χ0v) is 15.1. The lowest BCUT2D eigenvalue weighted by atomic mass is 9.88. The fraction of sp³-hybridized carbons (Fsp3) is 0.222. The van der Waals surface area contributed by atoms with Crippen LogP contribution in [0.4, 0.5) is 15.8 Å². The molecule has 7 nitrogen and oxygen atoms in total. The lowest BCUT2D eigenvalue weighted by Gasteiger charge is -2.20. The number of rotatable bonds is 6. The Bertz CT molecular complexity index is 1020. The molecule has 1 atom stereocenters. The molecular weight excluding hydrogens is 375 g/mol. The number of hydrogen-bond donors (Lipinski definition) is 3. The molecule has 142 valence electrons. The Morgan fingerprint density at radius 3 is 2.52 bits per heavy atom. The summed E-state index contributed by atoms with van der Waals surface area (Å²) < 4.78 is 39.0. The number of nitrogens with one attached hydrogen (secondary N) is 2. The second-order valence-electron chi connectivity index (χ2n) is 6.19. The average molecular weight is 392 g/mol. The number of carbonyl (C=O) groups is 2. The fourth-order valence-corrected chi connectivity index (χ4v) is 3.44. The third kappa shape index (κ3) is 3.69. The summed E-state index contributed by atoms with van der Waals surface area (Å²) in [6.07, 6.45) is -0.574. The zero-order valence-electron chi connectivity index (χ0n) is 14.3. The highest BCUT2D eigenvalue weighted by Gasteiger charge is 2.47. The van der Waals surface area contributed by atoms with Crippen molar-refractivity contribution in [3.63, 3.8) is 0 Å². The molecule has 1 heterocycles. The van der Waals surface area contributed by atoms with Gasteiger partial charge in [0.25, 0.3) is 5.91 Å². The van der Waals surface area contributed by atoms with E-state index in [2.05, 4.69) is 10.0 Å². The topological polar surface area (TPSA) is 113 Å². The number of hydrogen-bond acceptors (Lipinski definition) is 5. The van der Waals surface area contributed by atoms with Gasteiger partial charge in [-0.15, -0.1) is 0 Å². The Balaban J connectivity index is 1.82. The van der Waals surface area contributed by atoms with Gasteiger partial charge >= 0.3 is 0 Å². The van der Waals surface area contributed by atoms with Crippen LogP contribution in [0.25, 0.3) is 0 Å². The van der Waals surface area contributed by atoms with Crippen molar-refractivity contribution in [3.8, 4) is 0 Å². The average Bonchev–Trinajstić information content (AvgIpc) is 2.86. The minimum Gasteiger partial charge on any atom is -0.375 e. The number of fused-ring (bicyclic) bond motifs is 1. The van der Waals surface area contributed by atoms with E-state index in [-0.39, 0.29) is 28.3 Å². The number of anilines is 2. The van der Waals surface area contributed by atoms with Crippen LogP contribution in [-0.2, 0) is 20.4 Å². The molecule has 1 unspecified atom stereocenters. The highest BCUT2D eigenvalue weighted by Crippen LogP contribution is 2.39. The van der Waals surface area contributed by atoms with Crippen molar-refractivity contribution in [2.75, 3.05) is 15.8 Å². The van der Waals surface area contributed by atoms with Crippen LogP contribution >= 0.6 is 0 Å². The number of ketones is 1. The first-order valence-electron chi connectivity index (χ1n) is 8.12. The van der Waals surface area contributed by atoms with Gasteiger partial charge in [0.1, 0.15) is 5.82 Å². The van der Waals surface area contributed by atoms with Crippen molar-refractivity contribution >= 4 is 33.1 Å². The summed E-state index contributed by atoms with van der Waals surface area (Å²) in [5.74, 6) is -2.08. The molecule has 1 aliphatic heterocycles. The predicted octanol–water partition coefficient (Wildman–Crippen LogP) is 2.00. The van der Waals surface area contributed by atoms with E-state index in [0.29, 0.717) is 0 Å². The number of aliphatic hydroxyl groups is 1. The maximum Gasteiger partial charge on any atom is 0.261 e. The lowest BCUT2D eigenvalue weighted by molar-refractivity contribution is -0.133. The third-order valence-electron chi connectivity index (χ3n) is 4.33. The molecule has 0 bridgehead atoms. The van der Waals surface area contributed by atoms with Crippen LogP contribution in [0.3, 0.4) is 0 Å². The number of amides is 1. The number of Topliss-reactive ketones (excluding diaryl/α,β-unsaturated/α-hetero) is 1. The van der Waals surface area contributed by atoms with Crippen molar-refractivity contribution in [2.24, 2.45) is 0 Å². The summed E-state index contributed by atoms with van der Waals surface area (Å²) >= 11 is 0. The number of sulfonamides is 1. The molecule has 2 aromatic rings. The van der Waals surface area contributed by atoms with Crippen LogP contribution in [0.2, 0.25) is 0 Å². The highest BCUT2D eigenvalue weighted by atomic mass is 32.2. The second-order valence-corrected chi connectivity index (χ2v) is 8.20. The first-order chi connectivity index (χ1) is 12.6. The monoisotopic (exact) mass is 392 g/mol. The SMILES string of the molecule is CCS(=O)(=O)Nc1ccc(C(=O)CC2(O)C(=O)Nc3ccc(F)cc32)cc1. The normalized spacial score (nSPS) is 18.7. The minimum absolute atomic E-state index is 0.00757. The molecule has 1 aliphatic rings. The number of halogens is 1. The van der Waals surface area contributed by atoms with Crippen LogP contribution in [0.15, 0.2) is 42.5 Å². The van der Waals surface area contributed by atoms with Gasteiger partial charge in [0.05, 0.1) is 12.2 Å². The minimum atomic E-state index is -3.44. The molecule has 0 spiro atoms. The Labute approximate surface area is 155 Å². The van der Waals surface area contributed by atoms with Crippen molar-refractivity contribution in [2.45, 2.75) is 18.9 Å². The van der Waals surface area contributed by atoms with Crippen molar-refractivity contribution in [1.82, 2.24) is 0 Å². The summed E-state index contributed by atoms with van der Waals surface area (Å²) in [5, 5.41) is 13.1. The summed E-state index contributed by atoms with van der Waals surface area (Å²) in [4.78, 5) is 24.7. The van der Waals surface area contributed by atoms with Gasteiger partial charge in [0.2, 0.25) is 10.0 Å². The molecule has 0 saturated heterocycles. The molecule has 0 fully saturated rings. The maximum atomic E-state index is 13.5. The van der Waals surface area contributed by atoms with Gasteiger partial charge in [-0.1, -0.05) is 0 Å². The van der Waals surface area contributed by atoms with Gasteiger partial charge < -0.3 is 10.4 Å². The van der Waals surface area contributed by atoms with Crippen LogP contribution < -0.4 is 10.0 Å². The zero-order chi connectivity index (χ0) is 19.8. The molecule has 0 saturated carbocycles. The highest BCUT2D eigenvalue weighted by molar-refractivity contribution is 7.92. The van der Waals surface area contributed by atoms with Crippen molar-refractivity contribution in [1.29, 1.82) is 0 Å². The fourth-order valence-electron chi connectivity index (χ4n) is 2.80. The Kier molecular flexibility index (Phi) is 4.75. The lowest BCUT2D eigenvalue weighted by Crippen LogP contribution is -2.36. The predicted molar refractivity (Wildman–Crippen MR) is 97.4 cm³/mol. The quantitative estimate of drug-likeness (QED) is 0.651. The molecule has 0 aliphatic carbocycles. The standard InChI is InChI=1S/C18H17FN2O5S/c1-2-27(25,26)21-13-6-3-11(4-7-13)16(22)10-18(24)14-9-12(19)5-8-15(14)20-17(18)23/h3-9,21,24H,2,10H2,1H3,(H,20,23). The molecule has 2 aromatic carbocycles. The van der Waals surface area contributed by atoms with Crippen molar-refractivity contribution in [3.05, 3.63) is 59.4 Å². The van der Waals surface area contributed by atoms with Crippen LogP contribution in [-0.4, -0.2) is 31.0 Å². The molecule has 0 aromatic heterocycles. The van der Waals surface area contributed by atoms with E-state index < -0.39 is 39.6 Å². The maximum absolute atomic E-state index is 13.5. The van der Waals surface area contributed by atoms with E-state index in [4.69, 9.17) is 0 Å². The van der Waals surface area contributed by atoms with Gasteiger partial charge in [-0.05, 0) is 49.4 Å². The van der Waals surface area contributed by atoms with E-state index in [9.17, 15) is 27.5 Å². The van der Waals surface area contributed by atoms with E-state index in [1.807, 2.05) is 0 Å². The van der Waals surface area contributed by atoms with Gasteiger partial charge in [0, 0.05) is 22.5 Å². The van der Waals surface area contributed by atoms with E-state index in [1.165, 1.54) is 37.3 Å². The Morgan fingerprint density at radius 1 is 1.22 bits per heavy atom. The number of benzene rings is 2. The van der Waals surface area contributed by atoms with Crippen LogP contribution in [0.1, 0.15) is 29.3 Å². The third-order valence-corrected chi connectivity index (χ3v) is 5.63. The smallest absolute Gasteiger partial charge is 0.261 e.